The molecule has 1 amide bonds. The predicted molar refractivity (Wildman–Crippen MR) is 107 cm³/mol. The van der Waals surface area contributed by atoms with Gasteiger partial charge in [-0.1, -0.05) is 12.1 Å². The van der Waals surface area contributed by atoms with E-state index in [0.717, 1.165) is 5.56 Å². The number of hydrogen-bond donors (Lipinski definition) is 6. The molecule has 5 atom stereocenters. The summed E-state index contributed by atoms with van der Waals surface area (Å²) >= 11 is 0. The first-order chi connectivity index (χ1) is 14.9. The number of anilines is 1. The molecule has 31 heavy (non-hydrogen) atoms. The van der Waals surface area contributed by atoms with E-state index in [-0.39, 0.29) is 11.6 Å². The van der Waals surface area contributed by atoms with Crippen molar-refractivity contribution < 1.29 is 30.6 Å². The van der Waals surface area contributed by atoms with E-state index < -0.39 is 43.0 Å². The van der Waals surface area contributed by atoms with Crippen LogP contribution in [0.3, 0.4) is 0 Å². The fourth-order valence-electron chi connectivity index (χ4n) is 3.65. The minimum Gasteiger partial charge on any atom is -0.508 e. The summed E-state index contributed by atoms with van der Waals surface area (Å²) in [5, 5.41) is 32.7. The lowest BCUT2D eigenvalue weighted by atomic mass is 10.0. The highest BCUT2D eigenvalue weighted by atomic mass is 16.5. The molecule has 1 saturated heterocycles. The van der Waals surface area contributed by atoms with E-state index in [2.05, 4.69) is 26.0 Å². The van der Waals surface area contributed by atoms with Crippen LogP contribution in [0.5, 0.6) is 5.75 Å². The molecule has 1 aliphatic rings. The Hall–Kier alpha value is -3.32. The number of carbonyl (C=O) groups excluding carboxylic acids is 1. The number of fused-ring (bicyclic) bond motifs is 1. The Balaban J connectivity index is 1.49. The number of rotatable bonds is 6. The minimum atomic E-state index is -1.18. The van der Waals surface area contributed by atoms with Crippen molar-refractivity contribution in [2.24, 2.45) is 0 Å². The predicted octanol–water partition coefficient (Wildman–Crippen LogP) is -2.30. The molecule has 12 nitrogen and oxygen atoms in total. The number of amides is 1. The van der Waals surface area contributed by atoms with Crippen molar-refractivity contribution in [3.8, 4) is 5.75 Å². The number of nitrogens with one attached hydrogen (secondary N) is 1. The number of nitrogen functional groups attached to an aromatic ring is 1. The van der Waals surface area contributed by atoms with E-state index in [1.807, 2.05) is 0 Å². The highest BCUT2D eigenvalue weighted by Gasteiger charge is 2.46. The van der Waals surface area contributed by atoms with Crippen LogP contribution in [0.25, 0.3) is 11.2 Å². The number of benzene rings is 1. The Morgan fingerprint density at radius 1 is 1.29 bits per heavy atom. The van der Waals surface area contributed by atoms with Gasteiger partial charge in [-0.3, -0.25) is 9.36 Å². The summed E-state index contributed by atoms with van der Waals surface area (Å²) in [7, 11) is 0. The maximum Gasteiger partial charge on any atom is 0.278 e. The standard InChI is InChI=1S/C19H23N7O5/c20-11(5-9-1-3-10(28)4-2-9)18(30)25-13-12(6-27)31-19(15(13)29)26-8-24-14-16(21)22-7-23-17(14)26/h1-4,7-8,11-13,15,19,27-29H,5-6,20H2,(H,25,30)(H2,21,22,23)/p+1/t11-,12+,13+,15+,19+/m0/s1. The lowest BCUT2D eigenvalue weighted by Crippen LogP contribution is -2.70. The third-order valence-corrected chi connectivity index (χ3v) is 5.31. The maximum absolute atomic E-state index is 12.7. The molecular weight excluding hydrogens is 406 g/mol. The first-order valence-electron chi connectivity index (χ1n) is 9.67. The number of phenolic OH excluding ortho intramolecular Hbond substituents is 1. The van der Waals surface area contributed by atoms with E-state index in [1.165, 1.54) is 29.4 Å². The quantitative estimate of drug-likeness (QED) is 0.249. The van der Waals surface area contributed by atoms with Gasteiger partial charge in [0, 0.05) is 6.42 Å². The molecule has 1 fully saturated rings. The number of quaternary nitrogens is 1. The first kappa shape index (κ1) is 20.9. The van der Waals surface area contributed by atoms with Gasteiger partial charge in [0.1, 0.15) is 29.8 Å². The van der Waals surface area contributed by atoms with Crippen LogP contribution in [-0.4, -0.2) is 71.6 Å². The Kier molecular flexibility index (Phi) is 5.69. The highest BCUT2D eigenvalue weighted by molar-refractivity contribution is 5.82. The summed E-state index contributed by atoms with van der Waals surface area (Å²) < 4.78 is 7.29. The van der Waals surface area contributed by atoms with Gasteiger partial charge >= 0.3 is 0 Å². The molecule has 1 aliphatic heterocycles. The van der Waals surface area contributed by atoms with Crippen molar-refractivity contribution in [2.75, 3.05) is 12.3 Å². The number of ether oxygens (including phenoxy) is 1. The van der Waals surface area contributed by atoms with Gasteiger partial charge in [-0.05, 0) is 17.7 Å². The Morgan fingerprint density at radius 2 is 2.03 bits per heavy atom. The summed E-state index contributed by atoms with van der Waals surface area (Å²) in [5.74, 6) is -0.0771. The van der Waals surface area contributed by atoms with E-state index in [1.54, 1.807) is 12.1 Å². The van der Waals surface area contributed by atoms with Crippen LogP contribution >= 0.6 is 0 Å². The zero-order chi connectivity index (χ0) is 22.1. The molecule has 1 aromatic carbocycles. The molecule has 3 heterocycles. The largest absolute Gasteiger partial charge is 0.508 e. The number of carbonyl (C=O) groups is 1. The second-order valence-electron chi connectivity index (χ2n) is 7.42. The number of hydrogen-bond acceptors (Lipinski definition) is 9. The van der Waals surface area contributed by atoms with Crippen LogP contribution in [0, 0.1) is 0 Å². The molecule has 9 N–H and O–H groups in total. The zero-order valence-corrected chi connectivity index (χ0v) is 16.5. The molecule has 0 spiro atoms. The monoisotopic (exact) mass is 430 g/mol. The first-order valence-corrected chi connectivity index (χ1v) is 9.67. The second kappa shape index (κ2) is 8.43. The molecule has 12 heteroatoms. The Labute approximate surface area is 176 Å². The lowest BCUT2D eigenvalue weighted by molar-refractivity contribution is -0.403. The van der Waals surface area contributed by atoms with Gasteiger partial charge < -0.3 is 36.8 Å². The normalized spacial score (nSPS) is 24.4. The van der Waals surface area contributed by atoms with Gasteiger partial charge in [0.25, 0.3) is 5.91 Å². The van der Waals surface area contributed by atoms with Crippen molar-refractivity contribution >= 4 is 22.9 Å². The molecule has 0 aliphatic carbocycles. The molecule has 4 rings (SSSR count). The number of aliphatic hydroxyl groups is 2. The van der Waals surface area contributed by atoms with E-state index in [0.29, 0.717) is 17.6 Å². The average molecular weight is 430 g/mol. The number of aromatic nitrogens is 4. The van der Waals surface area contributed by atoms with Crippen molar-refractivity contribution in [3.05, 3.63) is 42.5 Å². The summed E-state index contributed by atoms with van der Waals surface area (Å²) in [4.78, 5) is 24.9. The van der Waals surface area contributed by atoms with Gasteiger partial charge in [0.05, 0.1) is 19.0 Å². The number of nitrogens with two attached hydrogens (primary N) is 1. The molecule has 164 valence electrons. The number of nitrogens with zero attached hydrogens (tertiary/aromatic N) is 4. The van der Waals surface area contributed by atoms with Crippen molar-refractivity contribution in [2.45, 2.75) is 36.9 Å². The molecule has 2 aromatic heterocycles. The van der Waals surface area contributed by atoms with Gasteiger partial charge in [-0.2, -0.15) is 0 Å². The average Bonchev–Trinajstić information content (AvgIpc) is 3.32. The number of aliphatic hydroxyl groups excluding tert-OH is 2. The maximum atomic E-state index is 12.7. The summed E-state index contributed by atoms with van der Waals surface area (Å²) in [6, 6.07) is 4.95. The molecule has 3 aromatic rings. The molecule has 0 bridgehead atoms. The van der Waals surface area contributed by atoms with Crippen LogP contribution in [0.4, 0.5) is 5.82 Å². The number of phenols is 1. The SMILES string of the molecule is Nc1ncnc2c1ncn2[C@@H]1O[C@H](CO)[C@@H](NC(=O)[C@@H]([NH3+])Cc2ccc(O)cc2)[C@H]1O. The summed E-state index contributed by atoms with van der Waals surface area (Å²) in [6.45, 7) is -0.415. The molecular formula is C19H24N7O5+. The highest BCUT2D eigenvalue weighted by Crippen LogP contribution is 2.32. The fourth-order valence-corrected chi connectivity index (χ4v) is 3.65. The van der Waals surface area contributed by atoms with E-state index in [9.17, 15) is 20.1 Å². The van der Waals surface area contributed by atoms with Crippen LogP contribution in [-0.2, 0) is 16.0 Å². The van der Waals surface area contributed by atoms with Crippen molar-refractivity contribution in [1.29, 1.82) is 0 Å². The lowest BCUT2D eigenvalue weighted by Gasteiger charge is -2.21. The van der Waals surface area contributed by atoms with Crippen LogP contribution < -0.4 is 16.8 Å². The number of aromatic hydroxyl groups is 1. The fraction of sp³-hybridized carbons (Fsp3) is 0.368. The summed E-state index contributed by atoms with van der Waals surface area (Å²) in [5.41, 5.74) is 11.2. The van der Waals surface area contributed by atoms with Gasteiger partial charge in [-0.15, -0.1) is 0 Å². The third kappa shape index (κ3) is 4.01. The van der Waals surface area contributed by atoms with E-state index >= 15 is 0 Å². The Morgan fingerprint density at radius 3 is 2.74 bits per heavy atom. The van der Waals surface area contributed by atoms with Gasteiger partial charge in [-0.25, -0.2) is 15.0 Å². The molecule has 0 unspecified atom stereocenters. The van der Waals surface area contributed by atoms with Crippen LogP contribution in [0.15, 0.2) is 36.9 Å². The second-order valence-corrected chi connectivity index (χ2v) is 7.42. The number of imidazole rings is 1. The van der Waals surface area contributed by atoms with Gasteiger partial charge in [0.2, 0.25) is 0 Å². The van der Waals surface area contributed by atoms with Crippen LogP contribution in [0.2, 0.25) is 0 Å². The van der Waals surface area contributed by atoms with Crippen LogP contribution in [0.1, 0.15) is 11.8 Å². The molecule has 0 radical (unpaired) electrons. The third-order valence-electron chi connectivity index (χ3n) is 5.31. The topological polar surface area (TPSA) is 196 Å². The Bertz CT molecular complexity index is 1070. The van der Waals surface area contributed by atoms with E-state index in [4.69, 9.17) is 10.5 Å². The van der Waals surface area contributed by atoms with Gasteiger partial charge in [0.15, 0.2) is 23.7 Å². The summed E-state index contributed by atoms with van der Waals surface area (Å²) in [6.07, 6.45) is 0.0540. The minimum absolute atomic E-state index is 0.135. The smallest absolute Gasteiger partial charge is 0.278 e. The van der Waals surface area contributed by atoms with Crippen molar-refractivity contribution in [1.82, 2.24) is 24.8 Å². The van der Waals surface area contributed by atoms with Crippen molar-refractivity contribution in [3.63, 3.8) is 0 Å². The molecule has 0 saturated carbocycles. The zero-order valence-electron chi connectivity index (χ0n) is 16.5.